The molecule has 0 radical (unpaired) electrons. The number of alkyl halides is 1. The third kappa shape index (κ3) is 3.94. The van der Waals surface area contributed by atoms with Crippen molar-refractivity contribution in [3.63, 3.8) is 0 Å². The molecule has 0 aliphatic heterocycles. The minimum Gasteiger partial charge on any atom is -0.298 e. The quantitative estimate of drug-likeness (QED) is 0.747. The molecule has 0 aliphatic carbocycles. The van der Waals surface area contributed by atoms with E-state index in [4.69, 9.17) is 0 Å². The van der Waals surface area contributed by atoms with Gasteiger partial charge in [-0.2, -0.15) is 0 Å². The number of hydrogen-bond donors (Lipinski definition) is 0. The molecule has 0 bridgehead atoms. The van der Waals surface area contributed by atoms with Gasteiger partial charge in [0.2, 0.25) is 0 Å². The van der Waals surface area contributed by atoms with Crippen LogP contribution in [0.4, 0.5) is 0 Å². The molecule has 1 unspecified atom stereocenters. The number of carbonyl (C=O) groups excluding carboxylic acids is 1. The second-order valence-electron chi connectivity index (χ2n) is 6.14. The predicted octanol–water partition coefficient (Wildman–Crippen LogP) is 4.52. The molecular weight excluding hydrogens is 288 g/mol. The topological polar surface area (TPSA) is 17.1 Å². The van der Waals surface area contributed by atoms with Gasteiger partial charge in [0, 0.05) is 5.92 Å². The summed E-state index contributed by atoms with van der Waals surface area (Å²) in [6.45, 7) is 10.5. The van der Waals surface area contributed by atoms with Crippen molar-refractivity contribution in [2.45, 2.75) is 51.3 Å². The van der Waals surface area contributed by atoms with Crippen LogP contribution in [0.1, 0.15) is 45.7 Å². The standard InChI is InChI=1S/C16H23BrO/c1-11(2)15(18)14(17)10-12-8-6-7-9-13(12)16(3,4)5/h6-9,11,14H,10H2,1-5H3. The van der Waals surface area contributed by atoms with E-state index in [0.717, 1.165) is 6.42 Å². The Morgan fingerprint density at radius 1 is 1.22 bits per heavy atom. The van der Waals surface area contributed by atoms with Gasteiger partial charge >= 0.3 is 0 Å². The molecular formula is C16H23BrO. The van der Waals surface area contributed by atoms with Crippen LogP contribution in [0.25, 0.3) is 0 Å². The van der Waals surface area contributed by atoms with Crippen LogP contribution >= 0.6 is 15.9 Å². The fourth-order valence-electron chi connectivity index (χ4n) is 2.09. The molecule has 0 spiro atoms. The highest BCUT2D eigenvalue weighted by Gasteiger charge is 2.22. The Morgan fingerprint density at radius 2 is 1.78 bits per heavy atom. The van der Waals surface area contributed by atoms with Gasteiger partial charge in [-0.15, -0.1) is 0 Å². The van der Waals surface area contributed by atoms with E-state index in [1.807, 2.05) is 19.9 Å². The molecule has 0 N–H and O–H groups in total. The number of carbonyl (C=O) groups is 1. The van der Waals surface area contributed by atoms with Gasteiger partial charge in [-0.05, 0) is 23.0 Å². The molecule has 0 heterocycles. The van der Waals surface area contributed by atoms with E-state index in [2.05, 4.69) is 54.9 Å². The molecule has 0 amide bonds. The fourth-order valence-corrected chi connectivity index (χ4v) is 2.96. The number of hydrogen-bond acceptors (Lipinski definition) is 1. The summed E-state index contributed by atoms with van der Waals surface area (Å²) in [4.78, 5) is 11.9. The summed E-state index contributed by atoms with van der Waals surface area (Å²) >= 11 is 3.53. The largest absolute Gasteiger partial charge is 0.298 e. The van der Waals surface area contributed by atoms with Crippen LogP contribution in [0.3, 0.4) is 0 Å². The summed E-state index contributed by atoms with van der Waals surface area (Å²) in [6, 6.07) is 8.40. The van der Waals surface area contributed by atoms with Crippen LogP contribution < -0.4 is 0 Å². The Morgan fingerprint density at radius 3 is 2.28 bits per heavy atom. The number of halogens is 1. The van der Waals surface area contributed by atoms with Crippen molar-refractivity contribution >= 4 is 21.7 Å². The summed E-state index contributed by atoms with van der Waals surface area (Å²) in [5, 5.41) is 0. The molecule has 1 nitrogen and oxygen atoms in total. The maximum absolute atomic E-state index is 12.0. The third-order valence-electron chi connectivity index (χ3n) is 3.10. The molecule has 2 heteroatoms. The first-order valence-corrected chi connectivity index (χ1v) is 7.41. The van der Waals surface area contributed by atoms with Crippen LogP contribution in [-0.2, 0) is 16.6 Å². The Balaban J connectivity index is 2.95. The highest BCUT2D eigenvalue weighted by Crippen LogP contribution is 2.28. The SMILES string of the molecule is CC(C)C(=O)C(Br)Cc1ccccc1C(C)(C)C. The summed E-state index contributed by atoms with van der Waals surface area (Å²) in [7, 11) is 0. The molecule has 1 rings (SSSR count). The van der Waals surface area contributed by atoms with Crippen LogP contribution in [0.2, 0.25) is 0 Å². The van der Waals surface area contributed by atoms with Crippen molar-refractivity contribution in [1.82, 2.24) is 0 Å². The summed E-state index contributed by atoms with van der Waals surface area (Å²) in [5.41, 5.74) is 2.70. The molecule has 1 atom stereocenters. The number of Topliss-reactive ketones (excluding diaryl/α,β-unsaturated/α-hetero) is 1. The first kappa shape index (κ1) is 15.4. The van der Waals surface area contributed by atoms with E-state index in [1.54, 1.807) is 0 Å². The molecule has 1 aromatic rings. The van der Waals surface area contributed by atoms with E-state index in [0.29, 0.717) is 0 Å². The van der Waals surface area contributed by atoms with Crippen molar-refractivity contribution in [2.24, 2.45) is 5.92 Å². The lowest BCUT2D eigenvalue weighted by atomic mass is 9.82. The van der Waals surface area contributed by atoms with E-state index in [-0.39, 0.29) is 21.9 Å². The maximum Gasteiger partial charge on any atom is 0.149 e. The molecule has 1 aromatic carbocycles. The van der Waals surface area contributed by atoms with Crippen molar-refractivity contribution in [1.29, 1.82) is 0 Å². The van der Waals surface area contributed by atoms with Gasteiger partial charge in [0.15, 0.2) is 0 Å². The highest BCUT2D eigenvalue weighted by atomic mass is 79.9. The average molecular weight is 311 g/mol. The van der Waals surface area contributed by atoms with Crippen molar-refractivity contribution in [2.75, 3.05) is 0 Å². The highest BCUT2D eigenvalue weighted by molar-refractivity contribution is 9.10. The van der Waals surface area contributed by atoms with Crippen LogP contribution in [0.15, 0.2) is 24.3 Å². The van der Waals surface area contributed by atoms with E-state index in [1.165, 1.54) is 11.1 Å². The zero-order valence-corrected chi connectivity index (χ0v) is 13.5. The van der Waals surface area contributed by atoms with Gasteiger partial charge in [-0.3, -0.25) is 4.79 Å². The normalized spacial score (nSPS) is 13.7. The lowest BCUT2D eigenvalue weighted by Crippen LogP contribution is -2.24. The van der Waals surface area contributed by atoms with E-state index >= 15 is 0 Å². The first-order chi connectivity index (χ1) is 8.23. The van der Waals surface area contributed by atoms with Crippen molar-refractivity contribution in [3.8, 4) is 0 Å². The Kier molecular flexibility index (Phi) is 5.15. The van der Waals surface area contributed by atoms with Gasteiger partial charge < -0.3 is 0 Å². The van der Waals surface area contributed by atoms with Gasteiger partial charge in [-0.1, -0.05) is 74.8 Å². The molecule has 0 aromatic heterocycles. The van der Waals surface area contributed by atoms with Gasteiger partial charge in [-0.25, -0.2) is 0 Å². The summed E-state index contributed by atoms with van der Waals surface area (Å²) < 4.78 is 0. The van der Waals surface area contributed by atoms with Crippen LogP contribution in [0, 0.1) is 5.92 Å². The van der Waals surface area contributed by atoms with Gasteiger partial charge in [0.05, 0.1) is 4.83 Å². The van der Waals surface area contributed by atoms with E-state index < -0.39 is 0 Å². The molecule has 0 saturated heterocycles. The number of benzene rings is 1. The maximum atomic E-state index is 12.0. The van der Waals surface area contributed by atoms with Crippen LogP contribution in [0.5, 0.6) is 0 Å². The zero-order chi connectivity index (χ0) is 13.9. The molecule has 0 saturated carbocycles. The van der Waals surface area contributed by atoms with Crippen LogP contribution in [-0.4, -0.2) is 10.6 Å². The minimum absolute atomic E-state index is 0.0798. The van der Waals surface area contributed by atoms with E-state index in [9.17, 15) is 4.79 Å². The second-order valence-corrected chi connectivity index (χ2v) is 7.24. The fraction of sp³-hybridized carbons (Fsp3) is 0.562. The number of ketones is 1. The third-order valence-corrected chi connectivity index (χ3v) is 3.88. The Hall–Kier alpha value is -0.630. The molecule has 100 valence electrons. The molecule has 0 aliphatic rings. The molecule has 18 heavy (non-hydrogen) atoms. The zero-order valence-electron chi connectivity index (χ0n) is 12.0. The smallest absolute Gasteiger partial charge is 0.149 e. The Bertz CT molecular complexity index is 415. The second kappa shape index (κ2) is 6.01. The van der Waals surface area contributed by atoms with Crippen molar-refractivity contribution in [3.05, 3.63) is 35.4 Å². The average Bonchev–Trinajstić information content (AvgIpc) is 2.27. The molecule has 0 fully saturated rings. The summed E-state index contributed by atoms with van der Waals surface area (Å²) in [5.74, 6) is 0.356. The number of rotatable bonds is 4. The van der Waals surface area contributed by atoms with Gasteiger partial charge in [0.1, 0.15) is 5.78 Å². The minimum atomic E-state index is -0.0824. The van der Waals surface area contributed by atoms with Crippen molar-refractivity contribution < 1.29 is 4.79 Å². The first-order valence-electron chi connectivity index (χ1n) is 6.49. The summed E-state index contributed by atoms with van der Waals surface area (Å²) in [6.07, 6.45) is 0.768. The predicted molar refractivity (Wildman–Crippen MR) is 81.4 cm³/mol. The monoisotopic (exact) mass is 310 g/mol. The lowest BCUT2D eigenvalue weighted by Gasteiger charge is -2.24. The van der Waals surface area contributed by atoms with Gasteiger partial charge in [0.25, 0.3) is 0 Å². The Labute approximate surface area is 119 Å². The lowest BCUT2D eigenvalue weighted by molar-refractivity contribution is -0.121.